The first-order valence-electron chi connectivity index (χ1n) is 8.70. The first kappa shape index (κ1) is 17.6. The van der Waals surface area contributed by atoms with Crippen molar-refractivity contribution in [3.8, 4) is 0 Å². The molecule has 1 atom stereocenters. The fourth-order valence-corrected chi connectivity index (χ4v) is 5.08. The van der Waals surface area contributed by atoms with E-state index < -0.39 is 5.72 Å². The maximum atomic E-state index is 11.6. The van der Waals surface area contributed by atoms with Crippen LogP contribution in [0.5, 0.6) is 0 Å². The molecule has 2 aromatic rings. The van der Waals surface area contributed by atoms with Crippen molar-refractivity contribution in [1.82, 2.24) is 0 Å². The fraction of sp³-hybridized carbons (Fsp3) is 0.300. The maximum Gasteiger partial charge on any atom is 0.185 e. The number of thioether (sulfide) groups is 2. The number of hydrogen-bond acceptors (Lipinski definition) is 5. The number of para-hydroxylation sites is 1. The molecule has 0 saturated carbocycles. The Balaban J connectivity index is 1.78. The second kappa shape index (κ2) is 7.47. The molecular weight excluding hydrogens is 362 g/mol. The number of amidine groups is 2. The number of nitrogens with zero attached hydrogens (tertiary/aromatic N) is 3. The maximum absolute atomic E-state index is 11.6. The van der Waals surface area contributed by atoms with Crippen LogP contribution in [0.25, 0.3) is 0 Å². The third-order valence-electron chi connectivity index (χ3n) is 4.46. The second-order valence-corrected chi connectivity index (χ2v) is 8.41. The van der Waals surface area contributed by atoms with Crippen LogP contribution >= 0.6 is 23.5 Å². The third-order valence-corrected chi connectivity index (χ3v) is 6.51. The first-order chi connectivity index (χ1) is 12.7. The summed E-state index contributed by atoms with van der Waals surface area (Å²) in [6, 6.07) is 18.1. The van der Waals surface area contributed by atoms with Crippen LogP contribution in [0, 0.1) is 6.92 Å². The summed E-state index contributed by atoms with van der Waals surface area (Å²) in [7, 11) is 0. The standard InChI is InChI=1S/C20H21N3OS2/c1-15-8-10-16(11-9-15)20(24)14-26-19(22-18-21-12-5-13-25-18)23(20)17-6-3-2-4-7-17/h2-4,6-11,24H,5,12-14H2,1H3/t20-/m1/s1. The van der Waals surface area contributed by atoms with Crippen molar-refractivity contribution in [1.29, 1.82) is 0 Å². The minimum Gasteiger partial charge on any atom is -0.366 e. The number of anilines is 1. The molecule has 0 radical (unpaired) electrons. The van der Waals surface area contributed by atoms with Gasteiger partial charge >= 0.3 is 0 Å². The van der Waals surface area contributed by atoms with Gasteiger partial charge in [-0.25, -0.2) is 0 Å². The number of aryl methyl sites for hydroxylation is 1. The predicted molar refractivity (Wildman–Crippen MR) is 113 cm³/mol. The third kappa shape index (κ3) is 3.41. The van der Waals surface area contributed by atoms with Crippen LogP contribution in [0.2, 0.25) is 0 Å². The van der Waals surface area contributed by atoms with Crippen LogP contribution in [0.15, 0.2) is 64.6 Å². The van der Waals surface area contributed by atoms with E-state index in [1.807, 2.05) is 59.5 Å². The molecule has 2 aromatic carbocycles. The van der Waals surface area contributed by atoms with Crippen LogP contribution in [0.3, 0.4) is 0 Å². The van der Waals surface area contributed by atoms with Crippen molar-refractivity contribution in [2.75, 3.05) is 23.0 Å². The minimum atomic E-state index is -1.13. The second-order valence-electron chi connectivity index (χ2n) is 6.40. The normalized spacial score (nSPS) is 24.8. The van der Waals surface area contributed by atoms with E-state index in [-0.39, 0.29) is 0 Å². The van der Waals surface area contributed by atoms with E-state index in [4.69, 9.17) is 4.99 Å². The molecule has 0 bridgehead atoms. The molecule has 2 aliphatic heterocycles. The van der Waals surface area contributed by atoms with Crippen LogP contribution in [-0.2, 0) is 5.72 Å². The molecular formula is C20H21N3OS2. The number of aliphatic hydroxyl groups is 1. The van der Waals surface area contributed by atoms with E-state index in [1.165, 1.54) is 5.56 Å². The monoisotopic (exact) mass is 383 g/mol. The molecule has 4 rings (SSSR count). The van der Waals surface area contributed by atoms with Gasteiger partial charge in [0.25, 0.3) is 0 Å². The Hall–Kier alpha value is -1.76. The van der Waals surface area contributed by atoms with Crippen LogP contribution in [-0.4, -0.2) is 33.5 Å². The Kier molecular flexibility index (Phi) is 5.07. The number of aliphatic imine (C=N–C) groups is 2. The lowest BCUT2D eigenvalue weighted by molar-refractivity contribution is 0.0768. The number of benzene rings is 2. The van der Waals surface area contributed by atoms with Crippen molar-refractivity contribution in [2.45, 2.75) is 19.1 Å². The lowest BCUT2D eigenvalue weighted by Gasteiger charge is -2.34. The number of hydrogen-bond donors (Lipinski definition) is 1. The molecule has 0 spiro atoms. The fourth-order valence-electron chi connectivity index (χ4n) is 3.07. The molecule has 0 amide bonds. The Morgan fingerprint density at radius 3 is 2.54 bits per heavy atom. The summed E-state index contributed by atoms with van der Waals surface area (Å²) in [6.07, 6.45) is 1.10. The highest BCUT2D eigenvalue weighted by Crippen LogP contribution is 2.42. The Labute approximate surface area is 162 Å². The molecule has 134 valence electrons. The molecule has 1 fully saturated rings. The topological polar surface area (TPSA) is 48.2 Å². The van der Waals surface area contributed by atoms with E-state index in [0.717, 1.165) is 40.3 Å². The Morgan fingerprint density at radius 2 is 1.85 bits per heavy atom. The Morgan fingerprint density at radius 1 is 1.08 bits per heavy atom. The molecule has 0 aromatic heterocycles. The average molecular weight is 384 g/mol. The quantitative estimate of drug-likeness (QED) is 0.843. The zero-order valence-corrected chi connectivity index (χ0v) is 16.3. The van der Waals surface area contributed by atoms with Crippen molar-refractivity contribution in [3.05, 3.63) is 65.7 Å². The summed E-state index contributed by atoms with van der Waals surface area (Å²) in [5.74, 6) is 1.58. The summed E-state index contributed by atoms with van der Waals surface area (Å²) >= 11 is 3.26. The summed E-state index contributed by atoms with van der Waals surface area (Å²) < 4.78 is 0. The lowest BCUT2D eigenvalue weighted by atomic mass is 10.0. The first-order valence-corrected chi connectivity index (χ1v) is 10.7. The zero-order valence-electron chi connectivity index (χ0n) is 14.6. The molecule has 0 unspecified atom stereocenters. The van der Waals surface area contributed by atoms with Gasteiger partial charge in [0.2, 0.25) is 0 Å². The van der Waals surface area contributed by atoms with Gasteiger partial charge in [-0.05, 0) is 25.5 Å². The van der Waals surface area contributed by atoms with E-state index in [1.54, 1.807) is 23.5 Å². The van der Waals surface area contributed by atoms with Crippen LogP contribution in [0.4, 0.5) is 5.69 Å². The summed E-state index contributed by atoms with van der Waals surface area (Å²) in [5.41, 5.74) is 1.86. The van der Waals surface area contributed by atoms with Crippen LogP contribution < -0.4 is 4.90 Å². The van der Waals surface area contributed by atoms with Gasteiger partial charge in [0.15, 0.2) is 16.1 Å². The van der Waals surface area contributed by atoms with Crippen molar-refractivity contribution < 1.29 is 5.11 Å². The van der Waals surface area contributed by atoms with Gasteiger partial charge in [-0.15, -0.1) is 0 Å². The van der Waals surface area contributed by atoms with Gasteiger partial charge in [-0.3, -0.25) is 9.89 Å². The molecule has 0 aliphatic carbocycles. The van der Waals surface area contributed by atoms with Gasteiger partial charge < -0.3 is 5.11 Å². The molecule has 6 heteroatoms. The number of rotatable bonds is 2. The smallest absolute Gasteiger partial charge is 0.185 e. The van der Waals surface area contributed by atoms with Crippen molar-refractivity contribution in [2.24, 2.45) is 9.98 Å². The Bertz CT molecular complexity index is 836. The lowest BCUT2D eigenvalue weighted by Crippen LogP contribution is -2.45. The summed E-state index contributed by atoms with van der Waals surface area (Å²) in [6.45, 7) is 2.88. The van der Waals surface area contributed by atoms with Gasteiger partial charge in [0.05, 0.1) is 5.75 Å². The van der Waals surface area contributed by atoms with Gasteiger partial charge in [-0.2, -0.15) is 4.99 Å². The minimum absolute atomic E-state index is 0.529. The molecule has 1 saturated heterocycles. The molecule has 1 N–H and O–H groups in total. The van der Waals surface area contributed by atoms with Crippen LogP contribution in [0.1, 0.15) is 17.5 Å². The highest BCUT2D eigenvalue weighted by atomic mass is 32.2. The predicted octanol–water partition coefficient (Wildman–Crippen LogP) is 4.24. The average Bonchev–Trinajstić information content (AvgIpc) is 3.01. The van der Waals surface area contributed by atoms with Crippen molar-refractivity contribution >= 4 is 39.5 Å². The van der Waals surface area contributed by atoms with E-state index in [2.05, 4.69) is 11.9 Å². The van der Waals surface area contributed by atoms with E-state index in [9.17, 15) is 5.11 Å². The van der Waals surface area contributed by atoms with E-state index in [0.29, 0.717) is 5.75 Å². The largest absolute Gasteiger partial charge is 0.366 e. The van der Waals surface area contributed by atoms with Crippen molar-refractivity contribution in [3.63, 3.8) is 0 Å². The molecule has 2 heterocycles. The van der Waals surface area contributed by atoms with Gasteiger partial charge in [-0.1, -0.05) is 71.6 Å². The van der Waals surface area contributed by atoms with Gasteiger partial charge in [0.1, 0.15) is 0 Å². The molecule has 26 heavy (non-hydrogen) atoms. The van der Waals surface area contributed by atoms with Gasteiger partial charge in [0, 0.05) is 23.5 Å². The SMILES string of the molecule is Cc1ccc([C@]2(O)CSC(=NC3=NCCCS3)N2c2ccccc2)cc1. The summed E-state index contributed by atoms with van der Waals surface area (Å²) in [4.78, 5) is 11.3. The highest BCUT2D eigenvalue weighted by molar-refractivity contribution is 8.15. The zero-order chi connectivity index (χ0) is 18.0. The van der Waals surface area contributed by atoms with E-state index >= 15 is 0 Å². The molecule has 4 nitrogen and oxygen atoms in total. The highest BCUT2D eigenvalue weighted by Gasteiger charge is 2.46. The molecule has 2 aliphatic rings. The summed E-state index contributed by atoms with van der Waals surface area (Å²) in [5, 5.41) is 13.3.